The first-order valence-corrected chi connectivity index (χ1v) is 12.3. The molecule has 2 rings (SSSR count). The lowest BCUT2D eigenvalue weighted by atomic mass is 9.93. The van der Waals surface area contributed by atoms with E-state index in [1.165, 1.54) is 103 Å². The predicted molar refractivity (Wildman–Crippen MR) is 140 cm³/mol. The summed E-state index contributed by atoms with van der Waals surface area (Å²) in [5.41, 5.74) is 11.6. The summed E-state index contributed by atoms with van der Waals surface area (Å²) in [4.78, 5) is 8.82. The molecule has 0 saturated heterocycles. The Morgan fingerprint density at radius 2 is 1.37 bits per heavy atom. The van der Waals surface area contributed by atoms with Crippen LogP contribution in [0.25, 0.3) is 0 Å². The number of nitrogens with two attached hydrogens (primary N) is 2. The maximum atomic E-state index is 5.87. The van der Waals surface area contributed by atoms with Crippen molar-refractivity contribution in [1.82, 2.24) is 0 Å². The zero-order valence-corrected chi connectivity index (χ0v) is 21.4. The van der Waals surface area contributed by atoms with Crippen LogP contribution in [0.2, 0.25) is 0 Å². The van der Waals surface area contributed by atoms with E-state index < -0.39 is 0 Å². The van der Waals surface area contributed by atoms with Gasteiger partial charge in [0.15, 0.2) is 0 Å². The zero-order chi connectivity index (χ0) is 20.5. The second kappa shape index (κ2) is 21.7. The van der Waals surface area contributed by atoms with E-state index in [4.69, 9.17) is 11.5 Å². The van der Waals surface area contributed by atoms with Crippen LogP contribution in [0.1, 0.15) is 123 Å². The van der Waals surface area contributed by atoms with Crippen LogP contribution in [-0.2, 0) is 0 Å². The number of unbranched alkanes of at least 4 members (excludes halogenated alkanes) is 8. The van der Waals surface area contributed by atoms with E-state index in [0.717, 1.165) is 24.6 Å². The Kier molecular flexibility index (Phi) is 23.0. The third kappa shape index (κ3) is 16.2. The van der Waals surface area contributed by atoms with Crippen molar-refractivity contribution in [2.24, 2.45) is 27.4 Å². The summed E-state index contributed by atoms with van der Waals surface area (Å²) in [6, 6.07) is 0.547. The quantitative estimate of drug-likeness (QED) is 0.299. The van der Waals surface area contributed by atoms with Gasteiger partial charge >= 0.3 is 0 Å². The van der Waals surface area contributed by atoms with Crippen molar-refractivity contribution in [3.8, 4) is 0 Å². The summed E-state index contributed by atoms with van der Waals surface area (Å²) < 4.78 is 0. The molecule has 2 atom stereocenters. The molecule has 0 saturated carbocycles. The summed E-state index contributed by atoms with van der Waals surface area (Å²) in [6.07, 6.45) is 22.2. The van der Waals surface area contributed by atoms with Crippen LogP contribution in [0.3, 0.4) is 0 Å². The first-order valence-electron chi connectivity index (χ1n) is 12.3. The fourth-order valence-corrected chi connectivity index (χ4v) is 4.18. The van der Waals surface area contributed by atoms with Gasteiger partial charge in [-0.2, -0.15) is 0 Å². The summed E-state index contributed by atoms with van der Waals surface area (Å²) in [7, 11) is 0. The van der Waals surface area contributed by atoms with Crippen LogP contribution in [-0.4, -0.2) is 24.3 Å². The Bertz CT molecular complexity index is 441. The molecule has 0 aromatic carbocycles. The molecule has 0 aliphatic carbocycles. The van der Waals surface area contributed by atoms with Crippen LogP contribution in [0.15, 0.2) is 9.98 Å². The van der Waals surface area contributed by atoms with Gasteiger partial charge < -0.3 is 11.5 Å². The van der Waals surface area contributed by atoms with E-state index in [2.05, 4.69) is 23.8 Å². The Labute approximate surface area is 199 Å². The summed E-state index contributed by atoms with van der Waals surface area (Å²) in [5.74, 6) is 2.41. The van der Waals surface area contributed by atoms with Crippen molar-refractivity contribution in [2.45, 2.75) is 129 Å². The third-order valence-electron chi connectivity index (χ3n) is 6.04. The van der Waals surface area contributed by atoms with E-state index in [9.17, 15) is 0 Å². The lowest BCUT2D eigenvalue weighted by Crippen LogP contribution is -2.27. The molecular formula is C24H50Cl2N4. The second-order valence-electron chi connectivity index (χ2n) is 8.72. The van der Waals surface area contributed by atoms with Gasteiger partial charge in [0.1, 0.15) is 0 Å². The highest BCUT2D eigenvalue weighted by Crippen LogP contribution is 2.20. The molecule has 0 aromatic rings. The smallest absolute Gasteiger partial charge is 0.0968 e. The van der Waals surface area contributed by atoms with Gasteiger partial charge in [-0.05, 0) is 38.5 Å². The summed E-state index contributed by atoms with van der Waals surface area (Å²) in [5, 5.41) is 0. The minimum Gasteiger partial charge on any atom is -0.387 e. The Morgan fingerprint density at radius 1 is 0.767 bits per heavy atom. The molecule has 0 radical (unpaired) electrons. The molecule has 0 amide bonds. The number of halogens is 2. The van der Waals surface area contributed by atoms with Gasteiger partial charge in [0, 0.05) is 18.9 Å². The predicted octanol–water partition coefficient (Wildman–Crippen LogP) is 7.21. The fraction of sp³-hybridized carbons (Fsp3) is 0.917. The maximum absolute atomic E-state index is 5.87. The molecule has 2 unspecified atom stereocenters. The van der Waals surface area contributed by atoms with Crippen molar-refractivity contribution in [3.63, 3.8) is 0 Å². The Balaban J connectivity index is 0. The highest BCUT2D eigenvalue weighted by atomic mass is 35.5. The first kappa shape index (κ1) is 31.7. The largest absolute Gasteiger partial charge is 0.387 e. The molecule has 180 valence electrons. The molecule has 4 N–H and O–H groups in total. The first-order chi connectivity index (χ1) is 13.7. The second-order valence-corrected chi connectivity index (χ2v) is 8.72. The average Bonchev–Trinajstić information content (AvgIpc) is 2.70. The lowest BCUT2D eigenvalue weighted by Gasteiger charge is -2.19. The number of aliphatic imine (C=N–C) groups is 2. The third-order valence-corrected chi connectivity index (χ3v) is 6.04. The van der Waals surface area contributed by atoms with E-state index in [1.807, 2.05) is 0 Å². The molecule has 4 nitrogen and oxygen atoms in total. The Hall–Kier alpha value is -0.480. The van der Waals surface area contributed by atoms with E-state index in [0.29, 0.717) is 12.0 Å². The van der Waals surface area contributed by atoms with Crippen LogP contribution >= 0.6 is 24.8 Å². The minimum atomic E-state index is 0. The SMILES string of the molecule is CCCCCCCC1CCCC(N)=N1.CCCCCCCC1CCCN=C1N.Cl.Cl. The van der Waals surface area contributed by atoms with Crippen LogP contribution in [0.5, 0.6) is 0 Å². The summed E-state index contributed by atoms with van der Waals surface area (Å²) >= 11 is 0. The zero-order valence-electron chi connectivity index (χ0n) is 19.7. The molecule has 0 aromatic heterocycles. The van der Waals surface area contributed by atoms with Gasteiger partial charge in [-0.15, -0.1) is 24.8 Å². The van der Waals surface area contributed by atoms with Gasteiger partial charge in [-0.25, -0.2) is 0 Å². The minimum absolute atomic E-state index is 0. The van der Waals surface area contributed by atoms with Crippen molar-refractivity contribution < 1.29 is 0 Å². The van der Waals surface area contributed by atoms with Crippen molar-refractivity contribution in [2.75, 3.05) is 6.54 Å². The van der Waals surface area contributed by atoms with E-state index >= 15 is 0 Å². The number of hydrogen-bond acceptors (Lipinski definition) is 4. The van der Waals surface area contributed by atoms with Gasteiger partial charge in [0.05, 0.1) is 17.7 Å². The van der Waals surface area contributed by atoms with Gasteiger partial charge in [-0.3, -0.25) is 9.98 Å². The normalized spacial score (nSPS) is 20.6. The number of amidine groups is 2. The number of nitrogens with zero attached hydrogens (tertiary/aromatic N) is 2. The van der Waals surface area contributed by atoms with Crippen LogP contribution < -0.4 is 11.5 Å². The average molecular weight is 466 g/mol. The van der Waals surface area contributed by atoms with Crippen molar-refractivity contribution in [3.05, 3.63) is 0 Å². The standard InChI is InChI=1S/2C12H24N2.2ClH/c1-2-3-4-5-6-8-11-9-7-10-14-12(11)13;1-2-3-4-5-6-8-11-9-7-10-12(13)14-11;;/h2*11H,2-10H2,1H3,(H2,13,14);2*1H. The van der Waals surface area contributed by atoms with Gasteiger partial charge in [-0.1, -0.05) is 78.1 Å². The molecule has 2 aliphatic rings. The number of hydrogen-bond donors (Lipinski definition) is 2. The molecule has 6 heteroatoms. The molecule has 0 spiro atoms. The monoisotopic (exact) mass is 464 g/mol. The molecule has 30 heavy (non-hydrogen) atoms. The summed E-state index contributed by atoms with van der Waals surface area (Å²) in [6.45, 7) is 5.47. The van der Waals surface area contributed by atoms with E-state index in [1.54, 1.807) is 0 Å². The molecule has 2 aliphatic heterocycles. The molecule has 0 fully saturated rings. The number of rotatable bonds is 12. The fourth-order valence-electron chi connectivity index (χ4n) is 4.18. The van der Waals surface area contributed by atoms with Gasteiger partial charge in [0.2, 0.25) is 0 Å². The van der Waals surface area contributed by atoms with E-state index in [-0.39, 0.29) is 24.8 Å². The van der Waals surface area contributed by atoms with Crippen molar-refractivity contribution in [1.29, 1.82) is 0 Å². The maximum Gasteiger partial charge on any atom is 0.0968 e. The lowest BCUT2D eigenvalue weighted by molar-refractivity contribution is 0.489. The molecular weight excluding hydrogens is 415 g/mol. The molecule has 0 bridgehead atoms. The highest BCUT2D eigenvalue weighted by Gasteiger charge is 2.15. The van der Waals surface area contributed by atoms with Gasteiger partial charge in [0.25, 0.3) is 0 Å². The highest BCUT2D eigenvalue weighted by molar-refractivity contribution is 5.85. The molecule has 2 heterocycles. The van der Waals surface area contributed by atoms with Crippen molar-refractivity contribution >= 4 is 36.5 Å². The van der Waals surface area contributed by atoms with Crippen LogP contribution in [0, 0.1) is 5.92 Å². The topological polar surface area (TPSA) is 76.8 Å². The Morgan fingerprint density at radius 3 is 1.93 bits per heavy atom. The van der Waals surface area contributed by atoms with Crippen LogP contribution in [0.4, 0.5) is 0 Å².